The highest BCUT2D eigenvalue weighted by molar-refractivity contribution is 7.89. The van der Waals surface area contributed by atoms with Crippen LogP contribution >= 0.6 is 11.6 Å². The minimum atomic E-state index is -3.63. The molecule has 0 aliphatic rings. The summed E-state index contributed by atoms with van der Waals surface area (Å²) in [5.41, 5.74) is 0.152. The molecular weight excluding hydrogens is 367 g/mol. The van der Waals surface area contributed by atoms with Gasteiger partial charge in [-0.2, -0.15) is 4.31 Å². The molecular formula is C17H18ClFN2O3S. The molecule has 8 heteroatoms. The van der Waals surface area contributed by atoms with Crippen LogP contribution in [0.25, 0.3) is 0 Å². The van der Waals surface area contributed by atoms with Gasteiger partial charge in [-0.15, -0.1) is 0 Å². The fraction of sp³-hybridized carbons (Fsp3) is 0.235. The van der Waals surface area contributed by atoms with E-state index in [1.807, 2.05) is 0 Å². The number of carbonyl (C=O) groups excluding carboxylic acids is 1. The average molecular weight is 385 g/mol. The lowest BCUT2D eigenvalue weighted by Crippen LogP contribution is -2.33. The zero-order valence-electron chi connectivity index (χ0n) is 14.0. The van der Waals surface area contributed by atoms with Crippen LogP contribution in [-0.2, 0) is 10.0 Å². The van der Waals surface area contributed by atoms with Crippen molar-refractivity contribution in [1.29, 1.82) is 0 Å². The number of hydrogen-bond donors (Lipinski definition) is 1. The Bertz CT molecular complexity index is 883. The van der Waals surface area contributed by atoms with E-state index in [-0.39, 0.29) is 27.2 Å². The number of halogens is 2. The first-order valence-electron chi connectivity index (χ1n) is 7.48. The quantitative estimate of drug-likeness (QED) is 0.853. The third-order valence-electron chi connectivity index (χ3n) is 3.72. The molecule has 0 unspecified atom stereocenters. The number of nitrogens with zero attached hydrogens (tertiary/aromatic N) is 1. The summed E-state index contributed by atoms with van der Waals surface area (Å²) < 4.78 is 39.8. The highest BCUT2D eigenvalue weighted by atomic mass is 35.5. The summed E-state index contributed by atoms with van der Waals surface area (Å²) >= 11 is 5.67. The molecule has 0 aliphatic heterocycles. The van der Waals surface area contributed by atoms with Gasteiger partial charge in [-0.05, 0) is 50.2 Å². The van der Waals surface area contributed by atoms with E-state index in [0.29, 0.717) is 0 Å². The first kappa shape index (κ1) is 19.4. The van der Waals surface area contributed by atoms with Crippen LogP contribution in [0.2, 0.25) is 5.02 Å². The van der Waals surface area contributed by atoms with Gasteiger partial charge in [0.25, 0.3) is 5.91 Å². The number of rotatable bonds is 5. The lowest BCUT2D eigenvalue weighted by Gasteiger charge is -2.21. The molecule has 0 spiro atoms. The average Bonchev–Trinajstić information content (AvgIpc) is 2.58. The van der Waals surface area contributed by atoms with E-state index in [4.69, 9.17) is 11.6 Å². The zero-order chi connectivity index (χ0) is 18.8. The second kappa shape index (κ2) is 7.51. The molecule has 0 saturated carbocycles. The van der Waals surface area contributed by atoms with Crippen molar-refractivity contribution in [3.63, 3.8) is 0 Å². The number of anilines is 1. The highest BCUT2D eigenvalue weighted by Gasteiger charge is 2.23. The largest absolute Gasteiger partial charge is 0.319 e. The first-order valence-corrected chi connectivity index (χ1v) is 9.30. The number of sulfonamides is 1. The molecule has 134 valence electrons. The van der Waals surface area contributed by atoms with Gasteiger partial charge in [-0.1, -0.05) is 17.7 Å². The van der Waals surface area contributed by atoms with Crippen LogP contribution in [-0.4, -0.2) is 31.7 Å². The molecule has 0 bridgehead atoms. The third kappa shape index (κ3) is 4.18. The molecule has 0 radical (unpaired) electrons. The normalized spacial score (nSPS) is 11.8. The lowest BCUT2D eigenvalue weighted by molar-refractivity contribution is 0.102. The Morgan fingerprint density at radius 1 is 1.16 bits per heavy atom. The molecule has 2 aromatic rings. The number of amides is 1. The maximum atomic E-state index is 13.8. The molecule has 2 aromatic carbocycles. The summed E-state index contributed by atoms with van der Waals surface area (Å²) in [6, 6.07) is 9.51. The Labute approximate surface area is 151 Å². The van der Waals surface area contributed by atoms with Gasteiger partial charge in [0, 0.05) is 18.7 Å². The number of nitrogens with one attached hydrogen (secondary N) is 1. The second-order valence-corrected chi connectivity index (χ2v) is 8.10. The minimum Gasteiger partial charge on any atom is -0.319 e. The Hall–Kier alpha value is -1.96. The third-order valence-corrected chi connectivity index (χ3v) is 6.06. The molecule has 0 aromatic heterocycles. The van der Waals surface area contributed by atoms with Crippen molar-refractivity contribution in [2.75, 3.05) is 12.4 Å². The molecule has 0 atom stereocenters. The van der Waals surface area contributed by atoms with Crippen LogP contribution in [0.1, 0.15) is 24.2 Å². The van der Waals surface area contributed by atoms with E-state index in [0.717, 1.165) is 0 Å². The van der Waals surface area contributed by atoms with Crippen LogP contribution in [0.4, 0.5) is 10.1 Å². The molecule has 0 saturated heterocycles. The van der Waals surface area contributed by atoms with Crippen LogP contribution < -0.4 is 5.32 Å². The summed E-state index contributed by atoms with van der Waals surface area (Å²) in [6.45, 7) is 3.53. The van der Waals surface area contributed by atoms with E-state index >= 15 is 0 Å². The fourth-order valence-electron chi connectivity index (χ4n) is 2.02. The lowest BCUT2D eigenvalue weighted by atomic mass is 10.2. The van der Waals surface area contributed by atoms with Crippen LogP contribution in [0.3, 0.4) is 0 Å². The van der Waals surface area contributed by atoms with Gasteiger partial charge in [0.1, 0.15) is 0 Å². The molecule has 0 fully saturated rings. The Morgan fingerprint density at radius 2 is 1.76 bits per heavy atom. The Balaban J connectivity index is 2.22. The summed E-state index contributed by atoms with van der Waals surface area (Å²) in [6.07, 6.45) is 0. The van der Waals surface area contributed by atoms with Gasteiger partial charge in [-0.3, -0.25) is 4.79 Å². The molecule has 1 amide bonds. The molecule has 0 heterocycles. The van der Waals surface area contributed by atoms with E-state index < -0.39 is 21.7 Å². The van der Waals surface area contributed by atoms with Crippen molar-refractivity contribution in [2.24, 2.45) is 0 Å². The van der Waals surface area contributed by atoms with Crippen LogP contribution in [0.15, 0.2) is 47.4 Å². The Morgan fingerprint density at radius 3 is 2.32 bits per heavy atom. The number of carbonyl (C=O) groups is 1. The SMILES string of the molecule is CC(C)N(C)S(=O)(=O)c1ccc(C(=O)Nc2cccc(Cl)c2F)cc1. The Kier molecular flexibility index (Phi) is 5.82. The van der Waals surface area contributed by atoms with Crippen molar-refractivity contribution in [3.8, 4) is 0 Å². The van der Waals surface area contributed by atoms with E-state index in [2.05, 4.69) is 5.32 Å². The summed E-state index contributed by atoms with van der Waals surface area (Å²) in [5, 5.41) is 2.31. The standard InChI is InChI=1S/C17H18ClFN2O3S/c1-11(2)21(3)25(23,24)13-9-7-12(8-10-13)17(22)20-15-6-4-5-14(18)16(15)19/h4-11H,1-3H3,(H,20,22). The van der Waals surface area contributed by atoms with E-state index in [1.165, 1.54) is 53.8 Å². The minimum absolute atomic E-state index is 0.0475. The van der Waals surface area contributed by atoms with Gasteiger partial charge in [0.05, 0.1) is 15.6 Å². The van der Waals surface area contributed by atoms with Gasteiger partial charge in [-0.25, -0.2) is 12.8 Å². The molecule has 1 N–H and O–H groups in total. The molecule has 25 heavy (non-hydrogen) atoms. The smallest absolute Gasteiger partial charge is 0.255 e. The van der Waals surface area contributed by atoms with Gasteiger partial charge >= 0.3 is 0 Å². The van der Waals surface area contributed by atoms with Gasteiger partial charge in [0.15, 0.2) is 5.82 Å². The topological polar surface area (TPSA) is 66.5 Å². The number of hydrogen-bond acceptors (Lipinski definition) is 3. The summed E-state index contributed by atoms with van der Waals surface area (Å²) in [7, 11) is -2.14. The van der Waals surface area contributed by atoms with Crippen molar-refractivity contribution in [3.05, 3.63) is 58.9 Å². The molecule has 0 aliphatic carbocycles. The predicted octanol–water partition coefficient (Wildman–Crippen LogP) is 3.76. The summed E-state index contributed by atoms with van der Waals surface area (Å²) in [4.78, 5) is 12.3. The predicted molar refractivity (Wildman–Crippen MR) is 95.9 cm³/mol. The van der Waals surface area contributed by atoms with Gasteiger partial charge < -0.3 is 5.32 Å². The fourth-order valence-corrected chi connectivity index (χ4v) is 3.56. The van der Waals surface area contributed by atoms with Crippen molar-refractivity contribution < 1.29 is 17.6 Å². The zero-order valence-corrected chi connectivity index (χ0v) is 15.5. The van der Waals surface area contributed by atoms with Crippen LogP contribution in [0, 0.1) is 5.82 Å². The second-order valence-electron chi connectivity index (χ2n) is 5.69. The van der Waals surface area contributed by atoms with Crippen molar-refractivity contribution in [2.45, 2.75) is 24.8 Å². The summed E-state index contributed by atoms with van der Waals surface area (Å²) in [5.74, 6) is -1.29. The first-order chi connectivity index (χ1) is 11.6. The van der Waals surface area contributed by atoms with Gasteiger partial charge in [0.2, 0.25) is 10.0 Å². The molecule has 5 nitrogen and oxygen atoms in total. The van der Waals surface area contributed by atoms with E-state index in [9.17, 15) is 17.6 Å². The number of benzene rings is 2. The maximum Gasteiger partial charge on any atom is 0.255 e. The van der Waals surface area contributed by atoms with Crippen molar-refractivity contribution >= 4 is 33.2 Å². The van der Waals surface area contributed by atoms with Crippen molar-refractivity contribution in [1.82, 2.24) is 4.31 Å². The monoisotopic (exact) mass is 384 g/mol. The maximum absolute atomic E-state index is 13.8. The molecule has 2 rings (SSSR count). The highest BCUT2D eigenvalue weighted by Crippen LogP contribution is 2.23. The van der Waals surface area contributed by atoms with E-state index in [1.54, 1.807) is 13.8 Å². The van der Waals surface area contributed by atoms with Crippen LogP contribution in [0.5, 0.6) is 0 Å².